The van der Waals surface area contributed by atoms with Gasteiger partial charge in [0.25, 0.3) is 5.91 Å². The highest BCUT2D eigenvalue weighted by Crippen LogP contribution is 2.24. The van der Waals surface area contributed by atoms with E-state index < -0.39 is 0 Å². The quantitative estimate of drug-likeness (QED) is 0.713. The molecule has 1 aliphatic rings. The molecule has 3 heteroatoms. The summed E-state index contributed by atoms with van der Waals surface area (Å²) in [7, 11) is 1.94. The predicted molar refractivity (Wildman–Crippen MR) is 64.4 cm³/mol. The molecule has 0 aliphatic carbocycles. The zero-order valence-corrected chi connectivity index (χ0v) is 10.3. The van der Waals surface area contributed by atoms with Crippen LogP contribution in [0.15, 0.2) is 18.5 Å². The second kappa shape index (κ2) is 4.32. The molecule has 2 unspecified atom stereocenters. The van der Waals surface area contributed by atoms with Crippen molar-refractivity contribution >= 4 is 5.91 Å². The Balaban J connectivity index is 2.19. The van der Waals surface area contributed by atoms with Gasteiger partial charge in [0.15, 0.2) is 0 Å². The lowest BCUT2D eigenvalue weighted by Gasteiger charge is -2.38. The molecule has 88 valence electrons. The van der Waals surface area contributed by atoms with Gasteiger partial charge in [0.1, 0.15) is 0 Å². The predicted octanol–water partition coefficient (Wildman–Crippen LogP) is 2.43. The van der Waals surface area contributed by atoms with Crippen molar-refractivity contribution in [2.75, 3.05) is 0 Å². The maximum atomic E-state index is 12.3. The number of rotatable bonds is 1. The highest BCUT2D eigenvalue weighted by atomic mass is 16.2. The van der Waals surface area contributed by atoms with E-state index in [1.165, 1.54) is 6.42 Å². The molecule has 0 spiro atoms. The second-order valence-electron chi connectivity index (χ2n) is 4.91. The Kier molecular flexibility index (Phi) is 3.03. The van der Waals surface area contributed by atoms with E-state index in [-0.39, 0.29) is 5.91 Å². The second-order valence-corrected chi connectivity index (χ2v) is 4.91. The van der Waals surface area contributed by atoms with Gasteiger partial charge in [-0.15, -0.1) is 0 Å². The average Bonchev–Trinajstić information content (AvgIpc) is 2.64. The molecule has 1 saturated heterocycles. The van der Waals surface area contributed by atoms with Crippen molar-refractivity contribution in [2.45, 2.75) is 45.2 Å². The van der Waals surface area contributed by atoms with Crippen LogP contribution < -0.4 is 0 Å². The van der Waals surface area contributed by atoms with Crippen molar-refractivity contribution < 1.29 is 4.79 Å². The Bertz CT molecular complexity index is 373. The van der Waals surface area contributed by atoms with E-state index in [1.54, 1.807) is 0 Å². The van der Waals surface area contributed by atoms with Crippen molar-refractivity contribution in [3.05, 3.63) is 24.0 Å². The summed E-state index contributed by atoms with van der Waals surface area (Å²) in [6.07, 6.45) is 7.32. The highest BCUT2D eigenvalue weighted by Gasteiger charge is 2.29. The van der Waals surface area contributed by atoms with Crippen LogP contribution in [0, 0.1) is 0 Å². The largest absolute Gasteiger partial charge is 0.356 e. The number of nitrogens with zero attached hydrogens (tertiary/aromatic N) is 2. The number of likely N-dealkylation sites (tertiary alicyclic amines) is 1. The Morgan fingerprint density at radius 2 is 1.94 bits per heavy atom. The number of carbonyl (C=O) groups excluding carboxylic acids is 1. The third-order valence-electron chi connectivity index (χ3n) is 3.51. The van der Waals surface area contributed by atoms with E-state index in [0.29, 0.717) is 12.1 Å². The standard InChI is InChI=1S/C13H20N2O/c1-10-5-4-6-11(2)15(10)13(16)12-7-8-14(3)9-12/h7-11H,4-6H2,1-3H3. The number of hydrogen-bond donors (Lipinski definition) is 0. The topological polar surface area (TPSA) is 25.2 Å². The maximum absolute atomic E-state index is 12.3. The minimum atomic E-state index is 0.181. The van der Waals surface area contributed by atoms with Gasteiger partial charge in [-0.3, -0.25) is 4.79 Å². The van der Waals surface area contributed by atoms with Gasteiger partial charge >= 0.3 is 0 Å². The van der Waals surface area contributed by atoms with E-state index in [9.17, 15) is 4.79 Å². The summed E-state index contributed by atoms with van der Waals surface area (Å²) in [6, 6.07) is 2.64. The van der Waals surface area contributed by atoms with Crippen LogP contribution in [-0.4, -0.2) is 27.5 Å². The Hall–Kier alpha value is -1.25. The number of carbonyl (C=O) groups is 1. The lowest BCUT2D eigenvalue weighted by atomic mass is 9.97. The molecule has 0 radical (unpaired) electrons. The van der Waals surface area contributed by atoms with Gasteiger partial charge < -0.3 is 9.47 Å². The van der Waals surface area contributed by atoms with Gasteiger partial charge in [0.2, 0.25) is 0 Å². The number of hydrogen-bond acceptors (Lipinski definition) is 1. The van der Waals surface area contributed by atoms with Crippen LogP contribution in [-0.2, 0) is 7.05 Å². The molecular weight excluding hydrogens is 200 g/mol. The van der Waals surface area contributed by atoms with Gasteiger partial charge in [0.05, 0.1) is 5.56 Å². The summed E-state index contributed by atoms with van der Waals surface area (Å²) in [4.78, 5) is 14.4. The molecular formula is C13H20N2O. The minimum absolute atomic E-state index is 0.181. The molecule has 16 heavy (non-hydrogen) atoms. The lowest BCUT2D eigenvalue weighted by Crippen LogP contribution is -2.47. The Morgan fingerprint density at radius 3 is 2.44 bits per heavy atom. The summed E-state index contributed by atoms with van der Waals surface area (Å²) in [6.45, 7) is 4.30. The first-order valence-corrected chi connectivity index (χ1v) is 6.04. The van der Waals surface area contributed by atoms with E-state index in [0.717, 1.165) is 18.4 Å². The van der Waals surface area contributed by atoms with Crippen LogP contribution in [0.4, 0.5) is 0 Å². The Labute approximate surface area is 97.1 Å². The van der Waals surface area contributed by atoms with Crippen molar-refractivity contribution in [2.24, 2.45) is 7.05 Å². The summed E-state index contributed by atoms with van der Waals surface area (Å²) in [5, 5.41) is 0. The van der Waals surface area contributed by atoms with Crippen LogP contribution in [0.2, 0.25) is 0 Å². The molecule has 0 bridgehead atoms. The van der Waals surface area contributed by atoms with Crippen LogP contribution >= 0.6 is 0 Å². The smallest absolute Gasteiger partial charge is 0.255 e. The third-order valence-corrected chi connectivity index (χ3v) is 3.51. The normalized spacial score (nSPS) is 25.8. The number of piperidine rings is 1. The van der Waals surface area contributed by atoms with E-state index in [2.05, 4.69) is 13.8 Å². The minimum Gasteiger partial charge on any atom is -0.356 e. The average molecular weight is 220 g/mol. The number of aromatic nitrogens is 1. The molecule has 2 rings (SSSR count). The van der Waals surface area contributed by atoms with Gasteiger partial charge in [-0.05, 0) is 39.2 Å². The van der Waals surface area contributed by atoms with E-state index in [4.69, 9.17) is 0 Å². The van der Waals surface area contributed by atoms with Crippen LogP contribution in [0.5, 0.6) is 0 Å². The van der Waals surface area contributed by atoms with Gasteiger partial charge in [-0.2, -0.15) is 0 Å². The maximum Gasteiger partial charge on any atom is 0.255 e. The SMILES string of the molecule is CC1CCCC(C)N1C(=O)c1ccn(C)c1. The first-order chi connectivity index (χ1) is 7.59. The highest BCUT2D eigenvalue weighted by molar-refractivity contribution is 5.94. The molecule has 0 N–H and O–H groups in total. The summed E-state index contributed by atoms with van der Waals surface area (Å²) < 4.78 is 1.92. The summed E-state index contributed by atoms with van der Waals surface area (Å²) in [5.74, 6) is 0.181. The molecule has 2 atom stereocenters. The molecule has 1 aromatic rings. The van der Waals surface area contributed by atoms with Crippen molar-refractivity contribution in [3.63, 3.8) is 0 Å². The molecule has 0 aromatic carbocycles. The summed E-state index contributed by atoms with van der Waals surface area (Å²) >= 11 is 0. The van der Waals surface area contributed by atoms with Crippen molar-refractivity contribution in [1.29, 1.82) is 0 Å². The molecule has 1 amide bonds. The summed E-state index contributed by atoms with van der Waals surface area (Å²) in [5.41, 5.74) is 0.808. The van der Waals surface area contributed by atoms with E-state index >= 15 is 0 Å². The fourth-order valence-corrected chi connectivity index (χ4v) is 2.60. The van der Waals surface area contributed by atoms with Gasteiger partial charge in [0, 0.05) is 31.5 Å². The lowest BCUT2D eigenvalue weighted by molar-refractivity contribution is 0.0511. The molecule has 1 aliphatic heterocycles. The third kappa shape index (κ3) is 1.99. The first-order valence-electron chi connectivity index (χ1n) is 6.04. The fraction of sp³-hybridized carbons (Fsp3) is 0.615. The number of amides is 1. The molecule has 0 saturated carbocycles. The van der Waals surface area contributed by atoms with E-state index in [1.807, 2.05) is 35.0 Å². The molecule has 1 fully saturated rings. The molecule has 2 heterocycles. The van der Waals surface area contributed by atoms with Gasteiger partial charge in [-0.25, -0.2) is 0 Å². The first kappa shape index (κ1) is 11.2. The zero-order chi connectivity index (χ0) is 11.7. The Morgan fingerprint density at radius 1 is 1.31 bits per heavy atom. The molecule has 1 aromatic heterocycles. The fourth-order valence-electron chi connectivity index (χ4n) is 2.60. The van der Waals surface area contributed by atoms with Crippen LogP contribution in [0.3, 0.4) is 0 Å². The zero-order valence-electron chi connectivity index (χ0n) is 10.3. The monoisotopic (exact) mass is 220 g/mol. The molecule has 3 nitrogen and oxygen atoms in total. The van der Waals surface area contributed by atoms with Crippen LogP contribution in [0.1, 0.15) is 43.5 Å². The van der Waals surface area contributed by atoms with Crippen molar-refractivity contribution in [3.8, 4) is 0 Å². The number of aryl methyl sites for hydroxylation is 1. The van der Waals surface area contributed by atoms with Crippen LogP contribution in [0.25, 0.3) is 0 Å². The van der Waals surface area contributed by atoms with Gasteiger partial charge in [-0.1, -0.05) is 0 Å². The van der Waals surface area contributed by atoms with Crippen molar-refractivity contribution in [1.82, 2.24) is 9.47 Å².